The van der Waals surface area contributed by atoms with Crippen molar-refractivity contribution in [1.29, 1.82) is 0 Å². The second-order valence-corrected chi connectivity index (χ2v) is 4.93. The molecule has 2 rings (SSSR count). The van der Waals surface area contributed by atoms with Crippen LogP contribution in [0, 0.1) is 5.92 Å². The van der Waals surface area contributed by atoms with Gasteiger partial charge in [-0.3, -0.25) is 0 Å². The number of nitrogens with zero attached hydrogens (tertiary/aromatic N) is 1. The van der Waals surface area contributed by atoms with Gasteiger partial charge in [0.15, 0.2) is 0 Å². The Labute approximate surface area is 81.7 Å². The van der Waals surface area contributed by atoms with E-state index in [1.54, 1.807) is 0 Å². The van der Waals surface area contributed by atoms with Gasteiger partial charge in [-0.1, -0.05) is 13.3 Å². The van der Waals surface area contributed by atoms with Crippen LogP contribution in [0.3, 0.4) is 0 Å². The Bertz CT molecular complexity index is 169. The normalized spacial score (nSPS) is 41.5. The predicted octanol–water partition coefficient (Wildman–Crippen LogP) is 1.47. The van der Waals surface area contributed by atoms with Gasteiger partial charge in [-0.05, 0) is 38.8 Å². The van der Waals surface area contributed by atoms with Crippen LogP contribution in [0.15, 0.2) is 0 Å². The molecule has 0 bridgehead atoms. The van der Waals surface area contributed by atoms with Crippen molar-refractivity contribution < 1.29 is 0 Å². The topological polar surface area (TPSA) is 15.3 Å². The molecule has 2 fully saturated rings. The highest BCUT2D eigenvalue weighted by Crippen LogP contribution is 2.25. The summed E-state index contributed by atoms with van der Waals surface area (Å²) in [7, 11) is 2.22. The highest BCUT2D eigenvalue weighted by molar-refractivity contribution is 4.87. The van der Waals surface area contributed by atoms with E-state index in [0.29, 0.717) is 0 Å². The molecule has 0 aromatic rings. The van der Waals surface area contributed by atoms with Gasteiger partial charge in [0.25, 0.3) is 0 Å². The Morgan fingerprint density at radius 1 is 1.23 bits per heavy atom. The summed E-state index contributed by atoms with van der Waals surface area (Å²) in [5.74, 6) is 0.908. The van der Waals surface area contributed by atoms with Gasteiger partial charge in [0.2, 0.25) is 0 Å². The van der Waals surface area contributed by atoms with Crippen molar-refractivity contribution in [3.8, 4) is 0 Å². The Balaban J connectivity index is 1.77. The van der Waals surface area contributed by atoms with Crippen LogP contribution in [0.2, 0.25) is 0 Å². The minimum absolute atomic E-state index is 0.774. The Hall–Kier alpha value is -0.0800. The van der Waals surface area contributed by atoms with Gasteiger partial charge in [-0.2, -0.15) is 0 Å². The lowest BCUT2D eigenvalue weighted by Gasteiger charge is -2.22. The molecule has 1 aliphatic carbocycles. The van der Waals surface area contributed by atoms with E-state index in [1.807, 2.05) is 0 Å². The van der Waals surface area contributed by atoms with Crippen LogP contribution in [-0.2, 0) is 0 Å². The fourth-order valence-corrected chi connectivity index (χ4v) is 2.77. The molecule has 76 valence electrons. The fraction of sp³-hybridized carbons (Fsp3) is 1.00. The maximum atomic E-state index is 3.82. The minimum atomic E-state index is 0.774. The van der Waals surface area contributed by atoms with Gasteiger partial charge in [-0.15, -0.1) is 0 Å². The van der Waals surface area contributed by atoms with E-state index >= 15 is 0 Å². The first kappa shape index (κ1) is 9.47. The van der Waals surface area contributed by atoms with E-state index in [9.17, 15) is 0 Å². The summed E-state index contributed by atoms with van der Waals surface area (Å²) < 4.78 is 0. The van der Waals surface area contributed by atoms with E-state index < -0.39 is 0 Å². The molecule has 2 heteroatoms. The van der Waals surface area contributed by atoms with Crippen LogP contribution < -0.4 is 5.32 Å². The Kier molecular flexibility index (Phi) is 2.89. The highest BCUT2D eigenvalue weighted by Gasteiger charge is 2.27. The van der Waals surface area contributed by atoms with Crippen molar-refractivity contribution in [2.24, 2.45) is 5.92 Å². The average molecular weight is 182 g/mol. The third kappa shape index (κ3) is 2.23. The van der Waals surface area contributed by atoms with Crippen LogP contribution in [0.1, 0.15) is 32.6 Å². The molecule has 0 unspecified atom stereocenters. The summed E-state index contributed by atoms with van der Waals surface area (Å²) in [6.07, 6.45) is 5.61. The molecule has 0 spiro atoms. The quantitative estimate of drug-likeness (QED) is 0.695. The molecule has 0 amide bonds. The first-order chi connectivity index (χ1) is 6.25. The maximum Gasteiger partial charge on any atom is 0.0209 e. The predicted molar refractivity (Wildman–Crippen MR) is 55.8 cm³/mol. The second-order valence-electron chi connectivity index (χ2n) is 4.93. The molecular formula is C11H22N2. The van der Waals surface area contributed by atoms with Crippen LogP contribution in [-0.4, -0.2) is 37.1 Å². The molecule has 0 radical (unpaired) electrons. The summed E-state index contributed by atoms with van der Waals surface area (Å²) in [5.41, 5.74) is 0. The van der Waals surface area contributed by atoms with Crippen LogP contribution in [0.4, 0.5) is 0 Å². The van der Waals surface area contributed by atoms with Crippen molar-refractivity contribution >= 4 is 0 Å². The Morgan fingerprint density at radius 2 is 2.08 bits per heavy atom. The molecule has 1 aliphatic heterocycles. The van der Waals surface area contributed by atoms with Crippen LogP contribution >= 0.6 is 0 Å². The monoisotopic (exact) mass is 182 g/mol. The molecule has 3 atom stereocenters. The van der Waals surface area contributed by atoms with Crippen molar-refractivity contribution in [2.75, 3.05) is 20.1 Å². The molecule has 2 aliphatic rings. The average Bonchev–Trinajstić information content (AvgIpc) is 2.64. The molecule has 1 N–H and O–H groups in total. The van der Waals surface area contributed by atoms with Crippen molar-refractivity contribution in [2.45, 2.75) is 44.7 Å². The molecule has 1 saturated heterocycles. The molecule has 0 aromatic carbocycles. The molecular weight excluding hydrogens is 160 g/mol. The van der Waals surface area contributed by atoms with E-state index in [-0.39, 0.29) is 0 Å². The lowest BCUT2D eigenvalue weighted by Crippen LogP contribution is -2.40. The largest absolute Gasteiger partial charge is 0.310 e. The van der Waals surface area contributed by atoms with E-state index in [4.69, 9.17) is 0 Å². The van der Waals surface area contributed by atoms with Crippen molar-refractivity contribution in [3.63, 3.8) is 0 Å². The smallest absolute Gasteiger partial charge is 0.0209 e. The van der Waals surface area contributed by atoms with Gasteiger partial charge in [0.05, 0.1) is 0 Å². The molecule has 1 saturated carbocycles. The number of likely N-dealkylation sites (tertiary alicyclic amines) is 1. The summed E-state index contributed by atoms with van der Waals surface area (Å²) in [4.78, 5) is 2.43. The van der Waals surface area contributed by atoms with E-state index in [1.165, 1.54) is 38.8 Å². The van der Waals surface area contributed by atoms with Gasteiger partial charge < -0.3 is 10.2 Å². The maximum absolute atomic E-state index is 3.82. The standard InChI is InChI=1S/C11H22N2/c1-9-4-3-5-11(9)12-10-6-7-13(2)8-10/h9-12H,3-8H2,1-2H3/t9-,10-,11+/m1/s1. The lowest BCUT2D eigenvalue weighted by molar-refractivity contribution is 0.353. The number of hydrogen-bond donors (Lipinski definition) is 1. The first-order valence-electron chi connectivity index (χ1n) is 5.70. The van der Waals surface area contributed by atoms with Crippen LogP contribution in [0.5, 0.6) is 0 Å². The van der Waals surface area contributed by atoms with Gasteiger partial charge >= 0.3 is 0 Å². The second kappa shape index (κ2) is 3.97. The van der Waals surface area contributed by atoms with Crippen LogP contribution in [0.25, 0.3) is 0 Å². The third-order valence-corrected chi connectivity index (χ3v) is 3.70. The number of rotatable bonds is 2. The molecule has 1 heterocycles. The van der Waals surface area contributed by atoms with E-state index in [0.717, 1.165) is 18.0 Å². The SMILES string of the molecule is C[C@@H]1CCC[C@@H]1N[C@@H]1CCN(C)C1. The summed E-state index contributed by atoms with van der Waals surface area (Å²) in [6.45, 7) is 4.92. The first-order valence-corrected chi connectivity index (χ1v) is 5.70. The van der Waals surface area contributed by atoms with Gasteiger partial charge in [0, 0.05) is 18.6 Å². The van der Waals surface area contributed by atoms with Crippen molar-refractivity contribution in [3.05, 3.63) is 0 Å². The lowest BCUT2D eigenvalue weighted by atomic mass is 10.1. The fourth-order valence-electron chi connectivity index (χ4n) is 2.77. The zero-order valence-electron chi connectivity index (χ0n) is 8.92. The van der Waals surface area contributed by atoms with Gasteiger partial charge in [-0.25, -0.2) is 0 Å². The number of hydrogen-bond acceptors (Lipinski definition) is 2. The molecule has 0 aromatic heterocycles. The third-order valence-electron chi connectivity index (χ3n) is 3.70. The summed E-state index contributed by atoms with van der Waals surface area (Å²) in [5, 5.41) is 3.82. The highest BCUT2D eigenvalue weighted by atomic mass is 15.2. The van der Waals surface area contributed by atoms with E-state index in [2.05, 4.69) is 24.2 Å². The summed E-state index contributed by atoms with van der Waals surface area (Å²) in [6, 6.07) is 1.59. The summed E-state index contributed by atoms with van der Waals surface area (Å²) >= 11 is 0. The zero-order chi connectivity index (χ0) is 9.26. The van der Waals surface area contributed by atoms with Gasteiger partial charge in [0.1, 0.15) is 0 Å². The van der Waals surface area contributed by atoms with Crippen molar-refractivity contribution in [1.82, 2.24) is 10.2 Å². The minimum Gasteiger partial charge on any atom is -0.310 e. The molecule has 13 heavy (non-hydrogen) atoms. The number of nitrogens with one attached hydrogen (secondary N) is 1. The molecule has 2 nitrogen and oxygen atoms in total. The Morgan fingerprint density at radius 3 is 2.62 bits per heavy atom. The number of likely N-dealkylation sites (N-methyl/N-ethyl adjacent to an activating group) is 1. The zero-order valence-corrected chi connectivity index (χ0v) is 8.92.